The molecular weight excluding hydrogens is 578 g/mol. The van der Waals surface area contributed by atoms with E-state index >= 15 is 0 Å². The molecule has 0 aliphatic rings. The molecule has 230 valence electrons. The van der Waals surface area contributed by atoms with Crippen molar-refractivity contribution in [2.24, 2.45) is 5.10 Å². The summed E-state index contributed by atoms with van der Waals surface area (Å²) in [5.74, 6) is 1.15. The van der Waals surface area contributed by atoms with Crippen molar-refractivity contribution in [3.8, 4) is 45.6 Å². The van der Waals surface area contributed by atoms with E-state index in [9.17, 15) is 9.59 Å². The molecule has 0 unspecified atom stereocenters. The third kappa shape index (κ3) is 6.09. The molecule has 0 spiro atoms. The molecule has 45 heavy (non-hydrogen) atoms. The number of methoxy groups -OCH3 is 5. The van der Waals surface area contributed by atoms with Crippen LogP contribution in [0.1, 0.15) is 26.4 Å². The number of nitrogens with one attached hydrogen (secondary N) is 2. The molecule has 0 bridgehead atoms. The molecule has 5 aromatic rings. The molecule has 0 aliphatic heterocycles. The molecule has 5 rings (SSSR count). The third-order valence-electron chi connectivity index (χ3n) is 7.00. The number of carbonyl (C=O) groups excluding carboxylic acids is 2. The summed E-state index contributed by atoms with van der Waals surface area (Å²) < 4.78 is 32.9. The summed E-state index contributed by atoms with van der Waals surface area (Å²) in [7, 11) is 7.51. The minimum absolute atomic E-state index is 0.183. The number of aromatic nitrogens is 1. The molecule has 11 nitrogen and oxygen atoms in total. The Labute approximate surface area is 259 Å². The summed E-state index contributed by atoms with van der Waals surface area (Å²) in [6.45, 7) is 0. The molecule has 0 saturated heterocycles. The monoisotopic (exact) mass is 609 g/mol. The summed E-state index contributed by atoms with van der Waals surface area (Å²) in [6.07, 6.45) is 1.39. The second kappa shape index (κ2) is 13.6. The van der Waals surface area contributed by atoms with Gasteiger partial charge in [0, 0.05) is 11.1 Å². The van der Waals surface area contributed by atoms with Crippen LogP contribution in [0.15, 0.2) is 84.0 Å². The first-order chi connectivity index (χ1) is 21.9. The number of nitrogens with zero attached hydrogens (tertiary/aromatic N) is 1. The molecule has 1 aromatic heterocycles. The van der Waals surface area contributed by atoms with E-state index in [-0.39, 0.29) is 17.0 Å². The van der Waals surface area contributed by atoms with Crippen LogP contribution < -0.4 is 33.8 Å². The fourth-order valence-electron chi connectivity index (χ4n) is 4.91. The van der Waals surface area contributed by atoms with E-state index < -0.39 is 11.9 Å². The number of benzene rings is 4. The summed E-state index contributed by atoms with van der Waals surface area (Å²) in [6, 6.07) is 22.8. The van der Waals surface area contributed by atoms with Crippen molar-refractivity contribution in [2.75, 3.05) is 35.5 Å². The minimum Gasteiger partial charge on any atom is -0.496 e. The Morgan fingerprint density at radius 1 is 0.711 bits per heavy atom. The van der Waals surface area contributed by atoms with E-state index in [1.54, 1.807) is 50.6 Å². The molecule has 0 fully saturated rings. The van der Waals surface area contributed by atoms with Gasteiger partial charge < -0.3 is 33.4 Å². The highest BCUT2D eigenvalue weighted by Crippen LogP contribution is 2.42. The summed E-state index contributed by atoms with van der Waals surface area (Å²) in [5.41, 5.74) is 5.51. The molecule has 0 radical (unpaired) electrons. The SMILES string of the molecule is COc1cc(C(=O)Oc2ccccc2C=NNC(=O)c2[nH]c3c(OC)ccc(OC)c3c2-c2ccccc2)cc(OC)c1OC. The van der Waals surface area contributed by atoms with Gasteiger partial charge in [0.05, 0.1) is 58.2 Å². The van der Waals surface area contributed by atoms with Gasteiger partial charge in [0.2, 0.25) is 5.75 Å². The number of para-hydroxylation sites is 1. The number of fused-ring (bicyclic) bond motifs is 1. The number of hydrogen-bond acceptors (Lipinski definition) is 9. The quantitative estimate of drug-likeness (QED) is 0.0825. The van der Waals surface area contributed by atoms with Crippen LogP contribution in [0.5, 0.6) is 34.5 Å². The van der Waals surface area contributed by atoms with Gasteiger partial charge in [0.15, 0.2) is 11.5 Å². The van der Waals surface area contributed by atoms with Crippen molar-refractivity contribution >= 4 is 29.0 Å². The second-order valence-electron chi connectivity index (χ2n) is 9.50. The average Bonchev–Trinajstić information content (AvgIpc) is 3.49. The van der Waals surface area contributed by atoms with E-state index in [1.807, 2.05) is 30.3 Å². The smallest absolute Gasteiger partial charge is 0.343 e. The number of aromatic amines is 1. The van der Waals surface area contributed by atoms with E-state index in [0.717, 1.165) is 5.56 Å². The van der Waals surface area contributed by atoms with Crippen LogP contribution in [0, 0.1) is 0 Å². The number of ether oxygens (including phenoxy) is 6. The molecule has 0 atom stereocenters. The second-order valence-corrected chi connectivity index (χ2v) is 9.50. The molecular formula is C34H31N3O8. The average molecular weight is 610 g/mol. The highest BCUT2D eigenvalue weighted by molar-refractivity contribution is 6.13. The molecule has 2 N–H and O–H groups in total. The molecule has 1 amide bonds. The maximum absolute atomic E-state index is 13.6. The van der Waals surface area contributed by atoms with Crippen LogP contribution in [0.2, 0.25) is 0 Å². The van der Waals surface area contributed by atoms with Crippen LogP contribution in [0.25, 0.3) is 22.0 Å². The van der Waals surface area contributed by atoms with Gasteiger partial charge in [-0.25, -0.2) is 10.2 Å². The highest BCUT2D eigenvalue weighted by atomic mass is 16.5. The van der Waals surface area contributed by atoms with Crippen molar-refractivity contribution < 1.29 is 38.0 Å². The maximum atomic E-state index is 13.6. The van der Waals surface area contributed by atoms with Crippen molar-refractivity contribution in [2.45, 2.75) is 0 Å². The van der Waals surface area contributed by atoms with Gasteiger partial charge in [-0.15, -0.1) is 0 Å². The Hall–Kier alpha value is -5.97. The minimum atomic E-state index is -0.660. The number of H-pyrrole nitrogens is 1. The zero-order valence-electron chi connectivity index (χ0n) is 25.3. The van der Waals surface area contributed by atoms with Crippen molar-refractivity contribution in [3.63, 3.8) is 0 Å². The Bertz CT molecular complexity index is 1860. The number of esters is 1. The van der Waals surface area contributed by atoms with Gasteiger partial charge in [-0.2, -0.15) is 5.10 Å². The molecule has 4 aromatic carbocycles. The number of amides is 1. The molecule has 0 aliphatic carbocycles. The van der Waals surface area contributed by atoms with Crippen LogP contribution in [-0.4, -0.2) is 58.6 Å². The summed E-state index contributed by atoms with van der Waals surface area (Å²) in [4.78, 5) is 29.9. The lowest BCUT2D eigenvalue weighted by Crippen LogP contribution is -2.19. The number of hydrogen-bond donors (Lipinski definition) is 2. The molecule has 11 heteroatoms. The predicted octanol–water partition coefficient (Wildman–Crippen LogP) is 5.86. The Morgan fingerprint density at radius 2 is 1.33 bits per heavy atom. The number of carbonyl (C=O) groups is 2. The van der Waals surface area contributed by atoms with Gasteiger partial charge in [-0.1, -0.05) is 42.5 Å². The zero-order valence-corrected chi connectivity index (χ0v) is 25.3. The standard InChI is InChI=1S/C34H31N3O8/c1-40-24-15-16-25(41-2)30-29(24)28(20-11-7-6-8-12-20)31(36-30)33(38)37-35-19-21-13-9-10-14-23(21)45-34(39)22-17-26(42-3)32(44-5)27(18-22)43-4/h6-19,36H,1-5H3,(H,37,38). The lowest BCUT2D eigenvalue weighted by molar-refractivity contribution is 0.0733. The third-order valence-corrected chi connectivity index (χ3v) is 7.00. The maximum Gasteiger partial charge on any atom is 0.343 e. The number of rotatable bonds is 11. The van der Waals surface area contributed by atoms with Gasteiger partial charge in [0.25, 0.3) is 5.91 Å². The predicted molar refractivity (Wildman–Crippen MR) is 169 cm³/mol. The zero-order chi connectivity index (χ0) is 31.9. The van der Waals surface area contributed by atoms with E-state index in [1.165, 1.54) is 39.7 Å². The van der Waals surface area contributed by atoms with E-state index in [2.05, 4.69) is 15.5 Å². The summed E-state index contributed by atoms with van der Waals surface area (Å²) >= 11 is 0. The first kappa shape index (κ1) is 30.5. The lowest BCUT2D eigenvalue weighted by Gasteiger charge is -2.14. The first-order valence-corrected chi connectivity index (χ1v) is 13.7. The van der Waals surface area contributed by atoms with Gasteiger partial charge in [-0.3, -0.25) is 4.79 Å². The Morgan fingerprint density at radius 3 is 1.98 bits per heavy atom. The molecule has 1 heterocycles. The fourth-order valence-corrected chi connectivity index (χ4v) is 4.91. The lowest BCUT2D eigenvalue weighted by atomic mass is 10.0. The normalized spacial score (nSPS) is 10.9. The molecule has 0 saturated carbocycles. The topological polar surface area (TPSA) is 130 Å². The van der Waals surface area contributed by atoms with E-state index in [4.69, 9.17) is 28.4 Å². The fraction of sp³-hybridized carbons (Fsp3) is 0.147. The van der Waals surface area contributed by atoms with E-state index in [0.29, 0.717) is 50.8 Å². The van der Waals surface area contributed by atoms with Gasteiger partial charge in [-0.05, 0) is 42.0 Å². The largest absolute Gasteiger partial charge is 0.496 e. The van der Waals surface area contributed by atoms with Gasteiger partial charge >= 0.3 is 5.97 Å². The Kier molecular flexibility index (Phi) is 9.18. The van der Waals surface area contributed by atoms with Crippen molar-refractivity contribution in [1.82, 2.24) is 10.4 Å². The first-order valence-electron chi connectivity index (χ1n) is 13.7. The van der Waals surface area contributed by atoms with Crippen molar-refractivity contribution in [3.05, 3.63) is 95.7 Å². The summed E-state index contributed by atoms with van der Waals surface area (Å²) in [5, 5.41) is 4.87. The van der Waals surface area contributed by atoms with Crippen LogP contribution in [0.4, 0.5) is 0 Å². The van der Waals surface area contributed by atoms with Crippen LogP contribution in [-0.2, 0) is 0 Å². The van der Waals surface area contributed by atoms with Crippen molar-refractivity contribution in [1.29, 1.82) is 0 Å². The Balaban J connectivity index is 1.43. The van der Waals surface area contributed by atoms with Crippen LogP contribution >= 0.6 is 0 Å². The number of hydrazone groups is 1. The highest BCUT2D eigenvalue weighted by Gasteiger charge is 2.24. The van der Waals surface area contributed by atoms with Gasteiger partial charge in [0.1, 0.15) is 22.9 Å². The van der Waals surface area contributed by atoms with Crippen LogP contribution in [0.3, 0.4) is 0 Å².